The number of aliphatic carboxylic acids is 1. The van der Waals surface area contributed by atoms with E-state index >= 15 is 0 Å². The zero-order valence-electron chi connectivity index (χ0n) is 19.2. The van der Waals surface area contributed by atoms with Gasteiger partial charge in [0.15, 0.2) is 5.16 Å². The van der Waals surface area contributed by atoms with E-state index < -0.39 is 36.0 Å². The molecule has 0 amide bonds. The Morgan fingerprint density at radius 2 is 1.72 bits per heavy atom. The second kappa shape index (κ2) is 8.89. The molecule has 0 aliphatic rings. The number of carboxylic acid groups (broad SMARTS) is 1. The van der Waals surface area contributed by atoms with Crippen LogP contribution in [0.15, 0.2) is 43.0 Å². The summed E-state index contributed by atoms with van der Waals surface area (Å²) in [6.07, 6.45) is 0.812. The summed E-state index contributed by atoms with van der Waals surface area (Å²) in [5.74, 6) is -2.40. The van der Waals surface area contributed by atoms with Gasteiger partial charge < -0.3 is 15.1 Å². The minimum Gasteiger partial charge on any atom is -0.480 e. The van der Waals surface area contributed by atoms with Crippen molar-refractivity contribution in [2.45, 2.75) is 63.6 Å². The Morgan fingerprint density at radius 3 is 2.09 bits per heavy atom. The third-order valence-corrected chi connectivity index (χ3v) is 7.33. The molecule has 0 saturated heterocycles. The topological polar surface area (TPSA) is 108 Å². The molecule has 1 heterocycles. The average Bonchev–Trinajstić information content (AvgIpc) is 2.66. The molecule has 8 heteroatoms. The summed E-state index contributed by atoms with van der Waals surface area (Å²) >= 11 is 0. The summed E-state index contributed by atoms with van der Waals surface area (Å²) in [7, 11) is -3.88. The van der Waals surface area contributed by atoms with E-state index in [9.17, 15) is 28.9 Å². The second-order valence-electron chi connectivity index (χ2n) is 9.42. The number of halogens is 1. The number of aliphatic hydroxyl groups is 1. The van der Waals surface area contributed by atoms with Crippen molar-refractivity contribution in [3.05, 3.63) is 65.8 Å². The van der Waals surface area contributed by atoms with Crippen LogP contribution in [0, 0.1) is 5.82 Å². The van der Waals surface area contributed by atoms with E-state index in [-0.39, 0.29) is 11.5 Å². The molecule has 0 aliphatic carbocycles. The van der Waals surface area contributed by atoms with Crippen LogP contribution in [0.3, 0.4) is 0 Å². The zero-order chi connectivity index (χ0) is 24.6. The number of nitrogens with zero attached hydrogens (tertiary/aromatic N) is 1. The van der Waals surface area contributed by atoms with Crippen LogP contribution in [0.2, 0.25) is 0 Å². The Labute approximate surface area is 188 Å². The molecule has 0 aliphatic heterocycles. The van der Waals surface area contributed by atoms with Crippen LogP contribution in [0.4, 0.5) is 4.39 Å². The van der Waals surface area contributed by atoms with Gasteiger partial charge in [-0.15, -0.1) is 6.58 Å². The molecule has 174 valence electrons. The van der Waals surface area contributed by atoms with Gasteiger partial charge in [0.05, 0.1) is 0 Å². The molecule has 0 spiro atoms. The molecule has 0 saturated carbocycles. The fourth-order valence-electron chi connectivity index (χ4n) is 3.81. The maximum atomic E-state index is 13.6. The van der Waals surface area contributed by atoms with Crippen molar-refractivity contribution in [3.63, 3.8) is 0 Å². The Kier molecular flexibility index (Phi) is 7.20. The Balaban J connectivity index is 3.12. The maximum absolute atomic E-state index is 13.6. The molecule has 3 atom stereocenters. The van der Waals surface area contributed by atoms with E-state index in [0.29, 0.717) is 22.5 Å². The molecule has 6 nitrogen and oxygen atoms in total. The van der Waals surface area contributed by atoms with Crippen LogP contribution in [-0.2, 0) is 20.4 Å². The molecule has 1 aromatic carbocycles. The van der Waals surface area contributed by atoms with E-state index in [1.54, 1.807) is 6.07 Å². The molecule has 0 fully saturated rings. The lowest BCUT2D eigenvalue weighted by molar-refractivity contribution is -0.145. The lowest BCUT2D eigenvalue weighted by Crippen LogP contribution is -2.52. The first-order chi connectivity index (χ1) is 14.6. The molecular formula is C24H31FNO5P. The standard InChI is InChI=1S/C24H31FNO5P/c1-8-24(21(27)28,32(30)31)23(7,29)19-17(15-9-11-16(25)12-10-15)13-18(22(4,5)6)26-20(19)14(2)3/h8-14,29,32H,1H2,2-7H3,(H,27,28)(H,30,31). The summed E-state index contributed by atoms with van der Waals surface area (Å²) in [4.78, 5) is 27.1. The first-order valence-corrected chi connectivity index (χ1v) is 11.6. The minimum absolute atomic E-state index is 0.0989. The first-order valence-electron chi connectivity index (χ1n) is 10.3. The van der Waals surface area contributed by atoms with Gasteiger partial charge in [-0.2, -0.15) is 0 Å². The largest absolute Gasteiger partial charge is 0.480 e. The van der Waals surface area contributed by atoms with Gasteiger partial charge in [-0.05, 0) is 42.2 Å². The fourth-order valence-corrected chi connectivity index (χ4v) is 4.71. The summed E-state index contributed by atoms with van der Waals surface area (Å²) in [5.41, 5.74) is -0.671. The molecule has 32 heavy (non-hydrogen) atoms. The number of rotatable bonds is 7. The average molecular weight is 463 g/mol. The van der Waals surface area contributed by atoms with Crippen molar-refractivity contribution in [1.29, 1.82) is 0 Å². The van der Waals surface area contributed by atoms with E-state index in [1.807, 2.05) is 34.6 Å². The number of hydrogen-bond acceptors (Lipinski definition) is 4. The van der Waals surface area contributed by atoms with Crippen LogP contribution in [0.1, 0.15) is 64.4 Å². The van der Waals surface area contributed by atoms with Gasteiger partial charge in [-0.3, -0.25) is 14.3 Å². The molecule has 2 aromatic rings. The number of benzene rings is 1. The summed E-state index contributed by atoms with van der Waals surface area (Å²) in [6.45, 7) is 14.2. The van der Waals surface area contributed by atoms with Crippen LogP contribution >= 0.6 is 8.03 Å². The SMILES string of the molecule is C=CC(C(=O)O)([PH](=O)O)C(C)(O)c1c(-c2ccc(F)cc2)cc(C(C)(C)C)nc1C(C)C. The molecule has 2 rings (SSSR count). The van der Waals surface area contributed by atoms with Gasteiger partial charge in [0.2, 0.25) is 8.03 Å². The highest BCUT2D eigenvalue weighted by Gasteiger charge is 2.58. The molecule has 0 radical (unpaired) electrons. The number of carbonyl (C=O) groups is 1. The van der Waals surface area contributed by atoms with E-state index in [4.69, 9.17) is 4.98 Å². The van der Waals surface area contributed by atoms with Crippen molar-refractivity contribution in [3.8, 4) is 11.1 Å². The monoisotopic (exact) mass is 463 g/mol. The van der Waals surface area contributed by atoms with Crippen molar-refractivity contribution in [2.75, 3.05) is 0 Å². The Hall–Kier alpha value is -2.34. The molecule has 3 unspecified atom stereocenters. The normalized spacial score (nSPS) is 16.8. The highest BCUT2D eigenvalue weighted by atomic mass is 31.1. The lowest BCUT2D eigenvalue weighted by atomic mass is 9.75. The quantitative estimate of drug-likeness (QED) is 0.394. The number of aromatic nitrogens is 1. The van der Waals surface area contributed by atoms with Crippen molar-refractivity contribution in [2.24, 2.45) is 0 Å². The second-order valence-corrected chi connectivity index (χ2v) is 10.8. The van der Waals surface area contributed by atoms with E-state index in [2.05, 4.69) is 6.58 Å². The summed E-state index contributed by atoms with van der Waals surface area (Å²) in [6, 6.07) is 7.26. The number of carboxylic acids is 1. The Morgan fingerprint density at radius 1 is 1.19 bits per heavy atom. The zero-order valence-corrected chi connectivity index (χ0v) is 20.2. The van der Waals surface area contributed by atoms with E-state index in [0.717, 1.165) is 6.08 Å². The molecule has 3 N–H and O–H groups in total. The van der Waals surface area contributed by atoms with Crippen LogP contribution in [0.5, 0.6) is 0 Å². The Bertz CT molecular complexity index is 1040. The minimum atomic E-state index is -3.88. The fraction of sp³-hybridized carbons (Fsp3) is 0.417. The summed E-state index contributed by atoms with van der Waals surface area (Å²) in [5, 5.41) is 19.2. The van der Waals surface area contributed by atoms with E-state index in [1.165, 1.54) is 31.2 Å². The predicted octanol–water partition coefficient (Wildman–Crippen LogP) is 4.99. The highest BCUT2D eigenvalue weighted by Crippen LogP contribution is 2.53. The summed E-state index contributed by atoms with van der Waals surface area (Å²) < 4.78 is 26.1. The van der Waals surface area contributed by atoms with Gasteiger partial charge in [0.25, 0.3) is 0 Å². The van der Waals surface area contributed by atoms with Crippen LogP contribution in [0.25, 0.3) is 11.1 Å². The number of pyridine rings is 1. The van der Waals surface area contributed by atoms with Crippen molar-refractivity contribution >= 4 is 14.0 Å². The van der Waals surface area contributed by atoms with Crippen LogP contribution in [-0.4, -0.2) is 31.2 Å². The highest BCUT2D eigenvalue weighted by molar-refractivity contribution is 7.42. The molecule has 1 aromatic heterocycles. The third-order valence-electron chi connectivity index (χ3n) is 5.75. The van der Waals surface area contributed by atoms with Crippen molar-refractivity contribution in [1.82, 2.24) is 4.98 Å². The first kappa shape index (κ1) is 25.9. The van der Waals surface area contributed by atoms with Crippen molar-refractivity contribution < 1.29 is 28.9 Å². The molecular weight excluding hydrogens is 432 g/mol. The molecule has 0 bridgehead atoms. The maximum Gasteiger partial charge on any atom is 0.326 e. The van der Waals surface area contributed by atoms with Gasteiger partial charge in [-0.25, -0.2) is 4.39 Å². The van der Waals surface area contributed by atoms with Gasteiger partial charge in [0, 0.05) is 22.4 Å². The van der Waals surface area contributed by atoms with Gasteiger partial charge in [-0.1, -0.05) is 52.8 Å². The van der Waals surface area contributed by atoms with Gasteiger partial charge >= 0.3 is 5.97 Å². The van der Waals surface area contributed by atoms with Crippen LogP contribution < -0.4 is 0 Å². The lowest BCUT2D eigenvalue weighted by Gasteiger charge is -2.41. The smallest absolute Gasteiger partial charge is 0.326 e. The van der Waals surface area contributed by atoms with Gasteiger partial charge in [0.1, 0.15) is 11.4 Å². The third kappa shape index (κ3) is 4.29. The predicted molar refractivity (Wildman–Crippen MR) is 124 cm³/mol. The number of hydrogen-bond donors (Lipinski definition) is 3.